The Labute approximate surface area is 346 Å². The average Bonchev–Trinajstić information content (AvgIpc) is 3.18. The summed E-state index contributed by atoms with van der Waals surface area (Å²) < 4.78 is 6.05. The second-order valence-electron chi connectivity index (χ2n) is 16.0. The number of aliphatic carboxylic acids is 1. The van der Waals surface area contributed by atoms with E-state index in [1.165, 1.54) is 122 Å². The van der Waals surface area contributed by atoms with Crippen molar-refractivity contribution in [3.8, 4) is 0 Å². The number of amides is 1. The monoisotopic (exact) mass is 784 g/mol. The minimum Gasteiger partial charge on any atom is -0.480 e. The number of carboxylic acids is 1. The summed E-state index contributed by atoms with van der Waals surface area (Å²) in [5.74, 6) is -1.23. The van der Waals surface area contributed by atoms with Crippen molar-refractivity contribution >= 4 is 17.8 Å². The minimum atomic E-state index is -1.02. The van der Waals surface area contributed by atoms with E-state index in [-0.39, 0.29) is 24.5 Å². The number of ether oxygens (including phenoxy) is 1. The molecule has 0 saturated carbocycles. The van der Waals surface area contributed by atoms with Gasteiger partial charge < -0.3 is 15.2 Å². The molecular formula is C50H89NO5. The molecule has 0 aromatic carbocycles. The highest BCUT2D eigenvalue weighted by Gasteiger charge is 2.14. The lowest BCUT2D eigenvalue weighted by molar-refractivity contribution is -0.150. The predicted molar refractivity (Wildman–Crippen MR) is 240 cm³/mol. The van der Waals surface area contributed by atoms with E-state index in [0.717, 1.165) is 89.9 Å². The third kappa shape index (κ3) is 44.1. The number of allylic oxidation sites excluding steroid dienone is 8. The van der Waals surface area contributed by atoms with Crippen LogP contribution < -0.4 is 5.32 Å². The molecule has 0 fully saturated rings. The number of carbonyl (C=O) groups is 3. The summed E-state index contributed by atoms with van der Waals surface area (Å²) in [6.07, 6.45) is 58.1. The van der Waals surface area contributed by atoms with Crippen molar-refractivity contribution in [2.75, 3.05) is 6.54 Å². The highest BCUT2D eigenvalue weighted by molar-refractivity contribution is 5.80. The maximum absolute atomic E-state index is 12.8. The zero-order chi connectivity index (χ0) is 40.8. The van der Waals surface area contributed by atoms with Crippen LogP contribution in [0.25, 0.3) is 0 Å². The van der Waals surface area contributed by atoms with E-state index in [9.17, 15) is 14.4 Å². The Morgan fingerprint density at radius 1 is 0.482 bits per heavy atom. The zero-order valence-corrected chi connectivity index (χ0v) is 36.7. The molecule has 0 aromatic rings. The highest BCUT2D eigenvalue weighted by Crippen LogP contribution is 2.19. The van der Waals surface area contributed by atoms with Gasteiger partial charge in [0.1, 0.15) is 12.6 Å². The van der Waals surface area contributed by atoms with Crippen LogP contribution in [0.1, 0.15) is 239 Å². The number of nitrogens with one attached hydrogen (secondary N) is 1. The maximum atomic E-state index is 12.8. The Morgan fingerprint density at radius 3 is 1.34 bits per heavy atom. The van der Waals surface area contributed by atoms with Gasteiger partial charge in [0.25, 0.3) is 0 Å². The molecule has 0 rings (SSSR count). The van der Waals surface area contributed by atoms with Gasteiger partial charge >= 0.3 is 11.9 Å². The van der Waals surface area contributed by atoms with Crippen LogP contribution in [0.5, 0.6) is 0 Å². The number of esters is 1. The fourth-order valence-electron chi connectivity index (χ4n) is 7.04. The summed E-state index contributed by atoms with van der Waals surface area (Å²) in [6, 6.07) is 0. The second-order valence-corrected chi connectivity index (χ2v) is 16.0. The van der Waals surface area contributed by atoms with Crippen LogP contribution in [0, 0.1) is 0 Å². The van der Waals surface area contributed by atoms with E-state index >= 15 is 0 Å². The Balaban J connectivity index is 4.12. The summed E-state index contributed by atoms with van der Waals surface area (Å²) in [6.45, 7) is 4.13. The van der Waals surface area contributed by atoms with Crippen molar-refractivity contribution in [3.05, 3.63) is 48.6 Å². The SMILES string of the molecule is CC/C=C\C/C=C\C/C=C\C/C=C\CCCCCCCCCCC(=O)OC(CCCCCCCCCCCCCCC)CCCCCCCC(=O)NCC(=O)O. The fraction of sp³-hybridized carbons (Fsp3) is 0.780. The number of carbonyl (C=O) groups excluding carboxylic acids is 2. The van der Waals surface area contributed by atoms with E-state index in [1.807, 2.05) is 0 Å². The van der Waals surface area contributed by atoms with Gasteiger partial charge in [-0.25, -0.2) is 0 Å². The molecule has 2 N–H and O–H groups in total. The molecule has 0 saturated heterocycles. The molecule has 0 aromatic heterocycles. The molecule has 0 bridgehead atoms. The van der Waals surface area contributed by atoms with Crippen LogP contribution in [0.3, 0.4) is 0 Å². The topological polar surface area (TPSA) is 92.7 Å². The molecule has 0 radical (unpaired) electrons. The number of rotatable bonds is 43. The van der Waals surface area contributed by atoms with Crippen molar-refractivity contribution in [1.82, 2.24) is 5.32 Å². The van der Waals surface area contributed by atoms with Crippen molar-refractivity contribution < 1.29 is 24.2 Å². The quantitative estimate of drug-likeness (QED) is 0.0365. The summed E-state index contributed by atoms with van der Waals surface area (Å²) >= 11 is 0. The zero-order valence-electron chi connectivity index (χ0n) is 36.7. The molecule has 0 aliphatic carbocycles. The van der Waals surface area contributed by atoms with Gasteiger partial charge in [0.05, 0.1) is 0 Å². The van der Waals surface area contributed by atoms with E-state index in [0.29, 0.717) is 12.8 Å². The first-order chi connectivity index (χ1) is 27.5. The average molecular weight is 784 g/mol. The molecule has 0 spiro atoms. The molecule has 0 aliphatic heterocycles. The molecule has 0 aliphatic rings. The van der Waals surface area contributed by atoms with E-state index in [4.69, 9.17) is 9.84 Å². The minimum absolute atomic E-state index is 0.0204. The smallest absolute Gasteiger partial charge is 0.322 e. The van der Waals surface area contributed by atoms with Gasteiger partial charge in [0, 0.05) is 12.8 Å². The van der Waals surface area contributed by atoms with E-state index in [2.05, 4.69) is 67.8 Å². The summed E-state index contributed by atoms with van der Waals surface area (Å²) in [7, 11) is 0. The Kier molecular flexibility index (Phi) is 43.0. The molecule has 1 amide bonds. The van der Waals surface area contributed by atoms with E-state index < -0.39 is 5.97 Å². The van der Waals surface area contributed by atoms with Crippen molar-refractivity contribution in [2.24, 2.45) is 0 Å². The standard InChI is InChI=1S/C50H89NO5/c1-3-5-7-9-11-13-15-17-18-19-20-21-22-23-24-26-28-30-32-37-41-45-50(55)56-47(43-39-35-33-36-40-44-48(52)51-46-49(53)54)42-38-34-31-29-27-25-16-14-12-10-8-6-4-2/h5,7,11,13,17-18,20-21,47H,3-4,6,8-10,12,14-16,19,22-46H2,1-2H3,(H,51,52)(H,53,54)/b7-5-,13-11-,18-17-,21-20-. The second kappa shape index (κ2) is 45.1. The summed E-state index contributed by atoms with van der Waals surface area (Å²) in [4.78, 5) is 35.1. The maximum Gasteiger partial charge on any atom is 0.322 e. The highest BCUT2D eigenvalue weighted by atomic mass is 16.5. The van der Waals surface area contributed by atoms with Crippen LogP contribution in [-0.4, -0.2) is 35.6 Å². The number of hydrogen-bond donors (Lipinski definition) is 2. The normalized spacial score (nSPS) is 12.5. The van der Waals surface area contributed by atoms with Crippen LogP contribution in [0.4, 0.5) is 0 Å². The van der Waals surface area contributed by atoms with Crippen LogP contribution in [-0.2, 0) is 19.1 Å². The molecule has 6 heteroatoms. The van der Waals surface area contributed by atoms with Gasteiger partial charge in [-0.15, -0.1) is 0 Å². The molecule has 56 heavy (non-hydrogen) atoms. The molecule has 1 atom stereocenters. The lowest BCUT2D eigenvalue weighted by Crippen LogP contribution is -2.28. The first-order valence-electron chi connectivity index (χ1n) is 23.8. The van der Waals surface area contributed by atoms with Crippen molar-refractivity contribution in [1.29, 1.82) is 0 Å². The molecule has 6 nitrogen and oxygen atoms in total. The molecule has 324 valence electrons. The molecule has 0 heterocycles. The predicted octanol–water partition coefficient (Wildman–Crippen LogP) is 15.0. The lowest BCUT2D eigenvalue weighted by atomic mass is 10.0. The summed E-state index contributed by atoms with van der Waals surface area (Å²) in [5.41, 5.74) is 0. The lowest BCUT2D eigenvalue weighted by Gasteiger charge is -2.18. The third-order valence-electron chi connectivity index (χ3n) is 10.5. The largest absolute Gasteiger partial charge is 0.480 e. The van der Waals surface area contributed by atoms with Gasteiger partial charge in [-0.1, -0.05) is 197 Å². The van der Waals surface area contributed by atoms with Crippen molar-refractivity contribution in [2.45, 2.75) is 245 Å². The van der Waals surface area contributed by atoms with Gasteiger partial charge in [-0.05, 0) is 77.0 Å². The Morgan fingerprint density at radius 2 is 0.875 bits per heavy atom. The first-order valence-corrected chi connectivity index (χ1v) is 23.8. The third-order valence-corrected chi connectivity index (χ3v) is 10.5. The van der Waals surface area contributed by atoms with Gasteiger partial charge in [0.2, 0.25) is 5.91 Å². The Hall–Kier alpha value is -2.63. The van der Waals surface area contributed by atoms with Crippen LogP contribution in [0.2, 0.25) is 0 Å². The number of hydrogen-bond acceptors (Lipinski definition) is 4. The Bertz CT molecular complexity index is 999. The van der Waals surface area contributed by atoms with Gasteiger partial charge in [-0.2, -0.15) is 0 Å². The number of unbranched alkanes of at least 4 members (excludes halogenated alkanes) is 24. The van der Waals surface area contributed by atoms with Gasteiger partial charge in [-0.3, -0.25) is 14.4 Å². The van der Waals surface area contributed by atoms with Crippen LogP contribution >= 0.6 is 0 Å². The van der Waals surface area contributed by atoms with Crippen molar-refractivity contribution in [3.63, 3.8) is 0 Å². The van der Waals surface area contributed by atoms with E-state index in [1.54, 1.807) is 0 Å². The number of carboxylic acid groups (broad SMARTS) is 1. The first kappa shape index (κ1) is 53.4. The molecule has 1 unspecified atom stereocenters. The van der Waals surface area contributed by atoms with Crippen LogP contribution in [0.15, 0.2) is 48.6 Å². The summed E-state index contributed by atoms with van der Waals surface area (Å²) in [5, 5.41) is 11.1. The molecular weight excluding hydrogens is 695 g/mol. The van der Waals surface area contributed by atoms with Gasteiger partial charge in [0.15, 0.2) is 0 Å². The fourth-order valence-corrected chi connectivity index (χ4v) is 7.04.